The minimum Gasteiger partial charge on any atom is -0.357 e. The number of rotatable bonds is 8. The van der Waals surface area contributed by atoms with E-state index >= 15 is 0 Å². The van der Waals surface area contributed by atoms with Crippen LogP contribution >= 0.6 is 0 Å². The summed E-state index contributed by atoms with van der Waals surface area (Å²) >= 11 is 0. The molecule has 1 atom stereocenters. The Bertz CT molecular complexity index is 820. The zero-order valence-electron chi connectivity index (χ0n) is 16.2. The Labute approximate surface area is 161 Å². The van der Waals surface area contributed by atoms with Gasteiger partial charge >= 0.3 is 0 Å². The second-order valence-electron chi connectivity index (χ2n) is 6.78. The Morgan fingerprint density at radius 1 is 1.07 bits per heavy atom. The Hall–Kier alpha value is -2.82. The fourth-order valence-corrected chi connectivity index (χ4v) is 3.05. The predicted octanol–water partition coefficient (Wildman–Crippen LogP) is 3.68. The molecular weight excluding hydrogens is 334 g/mol. The van der Waals surface area contributed by atoms with Gasteiger partial charge in [0.05, 0.1) is 11.0 Å². The van der Waals surface area contributed by atoms with Crippen LogP contribution in [0.4, 0.5) is 0 Å². The highest BCUT2D eigenvalue weighted by Gasteiger charge is 2.06. The van der Waals surface area contributed by atoms with Gasteiger partial charge in [-0.05, 0) is 44.4 Å². The van der Waals surface area contributed by atoms with E-state index in [1.54, 1.807) is 0 Å². The molecular formula is C22H29N5. The van der Waals surface area contributed by atoms with Crippen LogP contribution < -0.4 is 10.6 Å². The average molecular weight is 364 g/mol. The molecule has 5 nitrogen and oxygen atoms in total. The molecule has 0 aliphatic carbocycles. The summed E-state index contributed by atoms with van der Waals surface area (Å²) in [5.41, 5.74) is 3.46. The van der Waals surface area contributed by atoms with Crippen LogP contribution in [0.2, 0.25) is 0 Å². The molecule has 3 N–H and O–H groups in total. The number of benzene rings is 2. The normalized spacial score (nSPS) is 12.9. The van der Waals surface area contributed by atoms with Crippen molar-refractivity contribution in [3.05, 3.63) is 66.0 Å². The van der Waals surface area contributed by atoms with E-state index in [1.165, 1.54) is 5.56 Å². The first-order valence-electron chi connectivity index (χ1n) is 9.77. The lowest BCUT2D eigenvalue weighted by Crippen LogP contribution is -2.42. The largest absolute Gasteiger partial charge is 0.357 e. The molecule has 0 saturated carbocycles. The number of nitrogens with zero attached hydrogens (tertiary/aromatic N) is 2. The number of hydrogen-bond acceptors (Lipinski definition) is 2. The first-order valence-corrected chi connectivity index (χ1v) is 9.77. The summed E-state index contributed by atoms with van der Waals surface area (Å²) in [6.07, 6.45) is 2.93. The molecule has 3 aromatic rings. The zero-order valence-corrected chi connectivity index (χ0v) is 16.2. The molecule has 0 aliphatic rings. The smallest absolute Gasteiger partial charge is 0.191 e. The summed E-state index contributed by atoms with van der Waals surface area (Å²) in [4.78, 5) is 12.7. The minimum absolute atomic E-state index is 0.356. The molecule has 0 bridgehead atoms. The number of fused-ring (bicyclic) bond motifs is 1. The maximum absolute atomic E-state index is 4.71. The van der Waals surface area contributed by atoms with E-state index < -0.39 is 0 Å². The number of aryl methyl sites for hydroxylation is 1. The third-order valence-electron chi connectivity index (χ3n) is 4.49. The van der Waals surface area contributed by atoms with E-state index in [4.69, 9.17) is 4.99 Å². The molecule has 0 spiro atoms. The quantitative estimate of drug-likeness (QED) is 0.422. The summed E-state index contributed by atoms with van der Waals surface area (Å²) in [5, 5.41) is 6.84. The van der Waals surface area contributed by atoms with Crippen LogP contribution in [0, 0.1) is 0 Å². The highest BCUT2D eigenvalue weighted by molar-refractivity contribution is 5.80. The molecule has 0 radical (unpaired) electrons. The lowest BCUT2D eigenvalue weighted by atomic mass is 10.1. The number of aliphatic imine (C=N–C) groups is 1. The maximum atomic E-state index is 4.71. The van der Waals surface area contributed by atoms with E-state index in [0.717, 1.165) is 48.6 Å². The fraction of sp³-hybridized carbons (Fsp3) is 0.364. The Morgan fingerprint density at radius 2 is 1.85 bits per heavy atom. The number of para-hydroxylation sites is 2. The number of guanidine groups is 1. The average Bonchev–Trinajstić information content (AvgIpc) is 3.10. The topological polar surface area (TPSA) is 65.1 Å². The van der Waals surface area contributed by atoms with Gasteiger partial charge in [-0.2, -0.15) is 0 Å². The second kappa shape index (κ2) is 9.76. The number of aromatic nitrogens is 2. The van der Waals surface area contributed by atoms with Gasteiger partial charge < -0.3 is 15.6 Å². The predicted molar refractivity (Wildman–Crippen MR) is 113 cm³/mol. The molecule has 1 heterocycles. The van der Waals surface area contributed by atoms with E-state index in [-0.39, 0.29) is 0 Å². The number of aromatic amines is 1. The molecule has 0 fully saturated rings. The minimum atomic E-state index is 0.356. The first-order chi connectivity index (χ1) is 13.2. The van der Waals surface area contributed by atoms with Crippen LogP contribution in [-0.4, -0.2) is 35.1 Å². The fourth-order valence-electron chi connectivity index (χ4n) is 3.05. The van der Waals surface area contributed by atoms with Gasteiger partial charge in [0, 0.05) is 25.6 Å². The van der Waals surface area contributed by atoms with Gasteiger partial charge in [-0.1, -0.05) is 42.5 Å². The van der Waals surface area contributed by atoms with E-state index in [2.05, 4.69) is 70.8 Å². The van der Waals surface area contributed by atoms with Gasteiger partial charge in [0.1, 0.15) is 5.82 Å². The summed E-state index contributed by atoms with van der Waals surface area (Å²) in [7, 11) is 0. The molecule has 3 rings (SSSR count). The molecule has 2 aromatic carbocycles. The first kappa shape index (κ1) is 19.0. The highest BCUT2D eigenvalue weighted by atomic mass is 15.2. The van der Waals surface area contributed by atoms with Crippen LogP contribution in [0.15, 0.2) is 59.6 Å². The lowest BCUT2D eigenvalue weighted by Gasteiger charge is -2.17. The van der Waals surface area contributed by atoms with Gasteiger partial charge in [0.2, 0.25) is 0 Å². The van der Waals surface area contributed by atoms with Crippen LogP contribution in [0.25, 0.3) is 11.0 Å². The van der Waals surface area contributed by atoms with Crippen molar-refractivity contribution >= 4 is 17.0 Å². The number of nitrogens with one attached hydrogen (secondary N) is 3. The molecule has 1 unspecified atom stereocenters. The molecule has 142 valence electrons. The Kier molecular flexibility index (Phi) is 6.85. The Morgan fingerprint density at radius 3 is 2.63 bits per heavy atom. The second-order valence-corrected chi connectivity index (χ2v) is 6.78. The van der Waals surface area contributed by atoms with Gasteiger partial charge in [0.15, 0.2) is 5.96 Å². The molecule has 0 saturated heterocycles. The van der Waals surface area contributed by atoms with Crippen molar-refractivity contribution in [2.24, 2.45) is 4.99 Å². The van der Waals surface area contributed by atoms with Gasteiger partial charge in [-0.25, -0.2) is 4.98 Å². The van der Waals surface area contributed by atoms with Crippen molar-refractivity contribution in [2.75, 3.05) is 13.1 Å². The van der Waals surface area contributed by atoms with Crippen LogP contribution in [0.3, 0.4) is 0 Å². The van der Waals surface area contributed by atoms with Gasteiger partial charge in [-0.3, -0.25) is 4.99 Å². The van der Waals surface area contributed by atoms with Crippen LogP contribution in [0.5, 0.6) is 0 Å². The summed E-state index contributed by atoms with van der Waals surface area (Å²) in [5.74, 6) is 1.85. The van der Waals surface area contributed by atoms with Crippen molar-refractivity contribution in [3.63, 3.8) is 0 Å². The summed E-state index contributed by atoms with van der Waals surface area (Å²) in [6, 6.07) is 19.1. The third kappa shape index (κ3) is 5.84. The summed E-state index contributed by atoms with van der Waals surface area (Å²) < 4.78 is 0. The number of H-pyrrole nitrogens is 1. The number of imidazole rings is 1. The lowest BCUT2D eigenvalue weighted by molar-refractivity contribution is 0.593. The monoisotopic (exact) mass is 363 g/mol. The highest BCUT2D eigenvalue weighted by Crippen LogP contribution is 2.10. The standard InChI is InChI=1S/C22H29N5/c1-3-23-22(25-17(2)13-14-18-9-5-4-6-10-18)24-16-15-21-26-19-11-7-8-12-20(19)27-21/h4-12,17H,3,13-16H2,1-2H3,(H,26,27)(H2,23,24,25). The van der Waals surface area contributed by atoms with E-state index in [0.29, 0.717) is 12.6 Å². The molecule has 1 aromatic heterocycles. The molecule has 27 heavy (non-hydrogen) atoms. The van der Waals surface area contributed by atoms with Crippen molar-refractivity contribution < 1.29 is 0 Å². The number of hydrogen-bond donors (Lipinski definition) is 3. The van der Waals surface area contributed by atoms with Crippen molar-refractivity contribution in [1.29, 1.82) is 0 Å². The SMILES string of the molecule is CCNC(=NCCc1nc2ccccc2[nH]1)NC(C)CCc1ccccc1. The molecule has 0 amide bonds. The molecule has 5 heteroatoms. The van der Waals surface area contributed by atoms with Crippen molar-refractivity contribution in [1.82, 2.24) is 20.6 Å². The summed E-state index contributed by atoms with van der Waals surface area (Å²) in [6.45, 7) is 5.84. The third-order valence-corrected chi connectivity index (χ3v) is 4.49. The molecule has 0 aliphatic heterocycles. The van der Waals surface area contributed by atoms with Crippen LogP contribution in [-0.2, 0) is 12.8 Å². The zero-order chi connectivity index (χ0) is 18.9. The van der Waals surface area contributed by atoms with E-state index in [1.807, 2.05) is 18.2 Å². The van der Waals surface area contributed by atoms with E-state index in [9.17, 15) is 0 Å². The van der Waals surface area contributed by atoms with Gasteiger partial charge in [0.25, 0.3) is 0 Å². The van der Waals surface area contributed by atoms with Crippen molar-refractivity contribution in [2.45, 2.75) is 39.2 Å². The maximum Gasteiger partial charge on any atom is 0.191 e. The van der Waals surface area contributed by atoms with Gasteiger partial charge in [-0.15, -0.1) is 0 Å². The Balaban J connectivity index is 1.50. The van der Waals surface area contributed by atoms with Crippen molar-refractivity contribution in [3.8, 4) is 0 Å². The van der Waals surface area contributed by atoms with Crippen LogP contribution in [0.1, 0.15) is 31.7 Å².